The lowest BCUT2D eigenvalue weighted by Crippen LogP contribution is -2.29. The van der Waals surface area contributed by atoms with Gasteiger partial charge in [0.05, 0.1) is 28.8 Å². The molecular weight excluding hydrogens is 378 g/mol. The van der Waals surface area contributed by atoms with E-state index >= 15 is 0 Å². The Bertz CT molecular complexity index is 966. The highest BCUT2D eigenvalue weighted by atomic mass is 15.2. The van der Waals surface area contributed by atoms with Gasteiger partial charge in [-0.05, 0) is 50.0 Å². The Labute approximate surface area is 187 Å². The maximum atomic E-state index is 5.13. The van der Waals surface area contributed by atoms with E-state index in [4.69, 9.17) is 9.98 Å². The summed E-state index contributed by atoms with van der Waals surface area (Å²) in [5.74, 6) is 0.506. The lowest BCUT2D eigenvalue weighted by atomic mass is 9.95. The van der Waals surface area contributed by atoms with Crippen molar-refractivity contribution < 1.29 is 0 Å². The maximum absolute atomic E-state index is 5.13. The van der Waals surface area contributed by atoms with Crippen LogP contribution in [0.2, 0.25) is 0 Å². The highest BCUT2D eigenvalue weighted by Gasteiger charge is 2.26. The number of fused-ring (bicyclic) bond motifs is 2. The van der Waals surface area contributed by atoms with Crippen LogP contribution in [-0.4, -0.2) is 17.5 Å². The zero-order valence-corrected chi connectivity index (χ0v) is 19.2. The van der Waals surface area contributed by atoms with E-state index in [0.717, 1.165) is 29.9 Å². The molecule has 1 saturated carbocycles. The first-order chi connectivity index (χ1) is 15.2. The highest BCUT2D eigenvalue weighted by Crippen LogP contribution is 2.40. The van der Waals surface area contributed by atoms with E-state index in [-0.39, 0.29) is 0 Å². The Morgan fingerprint density at radius 1 is 1.13 bits per heavy atom. The first kappa shape index (κ1) is 21.5. The predicted molar refractivity (Wildman–Crippen MR) is 135 cm³/mol. The Hall–Kier alpha value is -2.68. The van der Waals surface area contributed by atoms with Gasteiger partial charge in [-0.15, -0.1) is 0 Å². The average Bonchev–Trinajstić information content (AvgIpc) is 2.77. The van der Waals surface area contributed by atoms with E-state index in [2.05, 4.69) is 86.4 Å². The number of nitrogens with zero attached hydrogens (tertiary/aromatic N) is 3. The van der Waals surface area contributed by atoms with Gasteiger partial charge in [-0.3, -0.25) is 4.99 Å². The van der Waals surface area contributed by atoms with Gasteiger partial charge in [-0.25, -0.2) is 4.99 Å². The molecule has 162 valence electrons. The summed E-state index contributed by atoms with van der Waals surface area (Å²) in [7, 11) is 0. The zero-order valence-electron chi connectivity index (χ0n) is 19.2. The van der Waals surface area contributed by atoms with Gasteiger partial charge in [0.15, 0.2) is 0 Å². The molecule has 1 aliphatic heterocycles. The van der Waals surface area contributed by atoms with Crippen molar-refractivity contribution in [2.45, 2.75) is 71.8 Å². The molecule has 1 heterocycles. The van der Waals surface area contributed by atoms with Crippen molar-refractivity contribution in [2.75, 3.05) is 4.90 Å². The van der Waals surface area contributed by atoms with Crippen LogP contribution < -0.4 is 4.90 Å². The molecule has 4 rings (SSSR count). The van der Waals surface area contributed by atoms with Crippen LogP contribution in [-0.2, 0) is 0 Å². The number of para-hydroxylation sites is 2. The predicted octanol–water partition coefficient (Wildman–Crippen LogP) is 7.70. The smallest absolute Gasteiger partial charge is 0.0874 e. The van der Waals surface area contributed by atoms with E-state index in [1.54, 1.807) is 0 Å². The first-order valence-electron chi connectivity index (χ1n) is 11.9. The van der Waals surface area contributed by atoms with Crippen LogP contribution in [0.15, 0.2) is 82.1 Å². The van der Waals surface area contributed by atoms with Crippen molar-refractivity contribution in [3.05, 3.63) is 72.1 Å². The summed E-state index contributed by atoms with van der Waals surface area (Å²) in [6, 6.07) is 8.97. The second kappa shape index (κ2) is 10.1. The van der Waals surface area contributed by atoms with Gasteiger partial charge >= 0.3 is 0 Å². The van der Waals surface area contributed by atoms with E-state index in [9.17, 15) is 0 Å². The molecule has 3 nitrogen and oxygen atoms in total. The quantitative estimate of drug-likeness (QED) is 0.465. The summed E-state index contributed by atoms with van der Waals surface area (Å²) >= 11 is 0. The second-order valence-corrected chi connectivity index (χ2v) is 9.01. The molecule has 0 radical (unpaired) electrons. The molecule has 0 spiro atoms. The van der Waals surface area contributed by atoms with Crippen molar-refractivity contribution in [1.82, 2.24) is 0 Å². The molecule has 1 aromatic rings. The fourth-order valence-electron chi connectivity index (χ4n) is 4.55. The van der Waals surface area contributed by atoms with Gasteiger partial charge < -0.3 is 4.90 Å². The lowest BCUT2D eigenvalue weighted by Gasteiger charge is -2.34. The van der Waals surface area contributed by atoms with Crippen LogP contribution >= 0.6 is 0 Å². The minimum atomic E-state index is 0.502. The van der Waals surface area contributed by atoms with Crippen molar-refractivity contribution >= 4 is 22.8 Å². The van der Waals surface area contributed by atoms with Gasteiger partial charge in [-0.2, -0.15) is 0 Å². The number of rotatable bonds is 4. The van der Waals surface area contributed by atoms with Gasteiger partial charge in [-0.1, -0.05) is 69.5 Å². The Kier molecular flexibility index (Phi) is 7.01. The number of aliphatic imine (C=N–C) groups is 2. The van der Waals surface area contributed by atoms with Crippen molar-refractivity contribution in [3.63, 3.8) is 0 Å². The largest absolute Gasteiger partial charge is 0.307 e. The molecule has 0 bridgehead atoms. The molecule has 0 unspecified atom stereocenters. The van der Waals surface area contributed by atoms with Crippen LogP contribution in [0.25, 0.3) is 0 Å². The summed E-state index contributed by atoms with van der Waals surface area (Å²) < 4.78 is 0. The minimum absolute atomic E-state index is 0.502. The molecule has 0 saturated heterocycles. The second-order valence-electron chi connectivity index (χ2n) is 9.01. The molecule has 3 heteroatoms. The molecule has 0 N–H and O–H groups in total. The van der Waals surface area contributed by atoms with Gasteiger partial charge in [0.2, 0.25) is 0 Å². The van der Waals surface area contributed by atoms with Crippen LogP contribution in [0.4, 0.5) is 11.4 Å². The summed E-state index contributed by atoms with van der Waals surface area (Å²) in [4.78, 5) is 12.5. The van der Waals surface area contributed by atoms with E-state index < -0.39 is 0 Å². The third-order valence-electron chi connectivity index (χ3n) is 6.17. The Balaban J connectivity index is 1.72. The minimum Gasteiger partial charge on any atom is -0.307 e. The third-order valence-corrected chi connectivity index (χ3v) is 6.17. The van der Waals surface area contributed by atoms with Crippen molar-refractivity contribution in [3.8, 4) is 0 Å². The normalized spacial score (nSPS) is 24.3. The monoisotopic (exact) mass is 413 g/mol. The fourth-order valence-corrected chi connectivity index (χ4v) is 4.55. The summed E-state index contributed by atoms with van der Waals surface area (Å²) in [6.45, 7) is 6.55. The number of anilines is 1. The number of benzene rings is 1. The standard InChI is InChI=1S/C28H35N3/c1-4-24(19-17-21(2)3)31-27-16-9-8-14-25(27)30-26-15-10-13-23(18-20-28(26)31)29-22-11-6-5-7-12-22/h4,8-10,13-14,16-17,19-22H,5-7,11-12,15,18H2,1-3H3/b13-10-,19-17-,24-4+,28-20+,29-23?. The molecule has 31 heavy (non-hydrogen) atoms. The van der Waals surface area contributed by atoms with Gasteiger partial charge in [0.25, 0.3) is 0 Å². The summed E-state index contributed by atoms with van der Waals surface area (Å²) in [5, 5.41) is 0. The molecular formula is C28H35N3. The van der Waals surface area contributed by atoms with E-state index in [0.29, 0.717) is 12.0 Å². The SMILES string of the molecule is C/C=C(\C=C/C(C)C)N1/C2=C/CC(=NC3CCCCC3)/C=C\CC2=Nc2ccccc21. The van der Waals surface area contributed by atoms with E-state index in [1.165, 1.54) is 49.2 Å². The Morgan fingerprint density at radius 3 is 2.71 bits per heavy atom. The van der Waals surface area contributed by atoms with Crippen LogP contribution in [0, 0.1) is 5.92 Å². The van der Waals surface area contributed by atoms with Gasteiger partial charge in [0, 0.05) is 24.3 Å². The van der Waals surface area contributed by atoms with Crippen LogP contribution in [0.1, 0.15) is 65.7 Å². The molecule has 1 aromatic carbocycles. The number of hydrogen-bond donors (Lipinski definition) is 0. The van der Waals surface area contributed by atoms with Crippen molar-refractivity contribution in [1.29, 1.82) is 0 Å². The van der Waals surface area contributed by atoms with Gasteiger partial charge in [0.1, 0.15) is 0 Å². The van der Waals surface area contributed by atoms with Crippen LogP contribution in [0.3, 0.4) is 0 Å². The summed E-state index contributed by atoms with van der Waals surface area (Å²) in [6.07, 6.45) is 21.7. The van der Waals surface area contributed by atoms with E-state index in [1.807, 2.05) is 0 Å². The topological polar surface area (TPSA) is 28.0 Å². The molecule has 1 fully saturated rings. The first-order valence-corrected chi connectivity index (χ1v) is 11.9. The summed E-state index contributed by atoms with van der Waals surface area (Å²) in [5.41, 5.74) is 6.91. The molecule has 2 aliphatic carbocycles. The highest BCUT2D eigenvalue weighted by molar-refractivity contribution is 6.11. The number of hydrogen-bond acceptors (Lipinski definition) is 3. The molecule has 0 aromatic heterocycles. The molecule has 0 amide bonds. The molecule has 3 aliphatic rings. The fraction of sp³-hybridized carbons (Fsp3) is 0.429. The van der Waals surface area contributed by atoms with Crippen LogP contribution in [0.5, 0.6) is 0 Å². The third kappa shape index (κ3) is 5.15. The average molecular weight is 414 g/mol. The maximum Gasteiger partial charge on any atom is 0.0874 e. The lowest BCUT2D eigenvalue weighted by molar-refractivity contribution is 0.443. The Morgan fingerprint density at radius 2 is 1.94 bits per heavy atom. The number of allylic oxidation sites excluding steroid dienone is 7. The molecule has 0 atom stereocenters. The van der Waals surface area contributed by atoms with Crippen molar-refractivity contribution in [2.24, 2.45) is 15.9 Å². The zero-order chi connectivity index (χ0) is 21.6.